The van der Waals surface area contributed by atoms with Crippen molar-refractivity contribution in [3.05, 3.63) is 84.2 Å². The maximum absolute atomic E-state index is 5.83. The van der Waals surface area contributed by atoms with Gasteiger partial charge in [-0.25, -0.2) is 0 Å². The molecule has 32 heavy (non-hydrogen) atoms. The second kappa shape index (κ2) is 9.77. The molecule has 166 valence electrons. The molecule has 2 aliphatic rings. The second-order valence-electron chi connectivity index (χ2n) is 8.20. The zero-order valence-corrected chi connectivity index (χ0v) is 18.8. The fraction of sp³-hybridized carbons (Fsp3) is 0.375. The first-order valence-electron chi connectivity index (χ1n) is 11.1. The number of nitrogens with one attached hydrogen (secondary N) is 1. The van der Waals surface area contributed by atoms with Crippen LogP contribution >= 0.6 is 12.2 Å². The molecule has 2 fully saturated rings. The fourth-order valence-electron chi connectivity index (χ4n) is 4.57. The van der Waals surface area contributed by atoms with Gasteiger partial charge in [-0.15, -0.1) is 0 Å². The van der Waals surface area contributed by atoms with Crippen molar-refractivity contribution in [2.75, 3.05) is 39.4 Å². The lowest BCUT2D eigenvalue weighted by molar-refractivity contribution is 0.0349. The highest BCUT2D eigenvalue weighted by Gasteiger charge is 2.41. The van der Waals surface area contributed by atoms with Crippen LogP contribution in [-0.4, -0.2) is 68.8 Å². The number of hydrogen-bond donors (Lipinski definition) is 1. The zero-order valence-electron chi connectivity index (χ0n) is 18.0. The molecule has 0 spiro atoms. The number of hydrogen-bond acceptors (Lipinski definition) is 5. The number of thiocarbonyl (C=S) groups is 1. The molecule has 7 nitrogen and oxygen atoms in total. The Morgan fingerprint density at radius 1 is 1.03 bits per heavy atom. The van der Waals surface area contributed by atoms with E-state index in [0.29, 0.717) is 0 Å². The molecule has 2 saturated heterocycles. The highest BCUT2D eigenvalue weighted by Crippen LogP contribution is 2.38. The SMILES string of the molecule is S=C1N[C@@H](c2ccccn2)[C@H](c2cccn2Cc2cccnc2)N1CCN1CCOCC1. The molecule has 0 aromatic carbocycles. The molecule has 3 aromatic heterocycles. The van der Waals surface area contributed by atoms with Gasteiger partial charge < -0.3 is 19.5 Å². The number of pyridine rings is 2. The van der Waals surface area contributed by atoms with Gasteiger partial charge in [-0.2, -0.15) is 0 Å². The van der Waals surface area contributed by atoms with Gasteiger partial charge in [0, 0.05) is 63.2 Å². The molecule has 0 aliphatic carbocycles. The van der Waals surface area contributed by atoms with Crippen LogP contribution in [0.2, 0.25) is 0 Å². The molecule has 5 heterocycles. The Morgan fingerprint density at radius 3 is 2.72 bits per heavy atom. The van der Waals surface area contributed by atoms with Crippen molar-refractivity contribution < 1.29 is 4.74 Å². The van der Waals surface area contributed by atoms with Crippen LogP contribution in [0.5, 0.6) is 0 Å². The molecule has 0 unspecified atom stereocenters. The third-order valence-electron chi connectivity index (χ3n) is 6.20. The Labute approximate surface area is 194 Å². The van der Waals surface area contributed by atoms with Crippen LogP contribution in [0.25, 0.3) is 0 Å². The Hall–Kier alpha value is -2.81. The van der Waals surface area contributed by atoms with E-state index < -0.39 is 0 Å². The molecule has 1 N–H and O–H groups in total. The molecular formula is C24H28N6OS. The monoisotopic (exact) mass is 448 g/mol. The van der Waals surface area contributed by atoms with Gasteiger partial charge in [0.2, 0.25) is 0 Å². The fourth-order valence-corrected chi connectivity index (χ4v) is 4.90. The van der Waals surface area contributed by atoms with Crippen molar-refractivity contribution in [2.45, 2.75) is 18.6 Å². The summed E-state index contributed by atoms with van der Waals surface area (Å²) >= 11 is 5.83. The van der Waals surface area contributed by atoms with Crippen LogP contribution in [0.4, 0.5) is 0 Å². The Balaban J connectivity index is 1.44. The summed E-state index contributed by atoms with van der Waals surface area (Å²) in [6.45, 7) is 6.14. The van der Waals surface area contributed by atoms with Crippen LogP contribution in [0.3, 0.4) is 0 Å². The Bertz CT molecular complexity index is 1020. The van der Waals surface area contributed by atoms with Gasteiger partial charge in [-0.05, 0) is 48.1 Å². The van der Waals surface area contributed by atoms with Crippen LogP contribution in [-0.2, 0) is 11.3 Å². The van der Waals surface area contributed by atoms with Gasteiger partial charge in [-0.3, -0.25) is 14.9 Å². The van der Waals surface area contributed by atoms with Gasteiger partial charge in [0.15, 0.2) is 5.11 Å². The smallest absolute Gasteiger partial charge is 0.170 e. The standard InChI is InChI=1S/C24H28N6OS/c32-24-27-22(20-6-1-2-9-26-20)23(30(24)12-11-28-13-15-31-16-14-28)21-7-4-10-29(21)18-19-5-3-8-25-17-19/h1-10,17,22-23H,11-16,18H2,(H,27,32)/t22-,23-/m0/s1. The van der Waals surface area contributed by atoms with Crippen LogP contribution in [0.15, 0.2) is 67.3 Å². The maximum Gasteiger partial charge on any atom is 0.170 e. The summed E-state index contributed by atoms with van der Waals surface area (Å²) in [4.78, 5) is 13.7. The third kappa shape index (κ3) is 4.53. The number of aromatic nitrogens is 3. The summed E-state index contributed by atoms with van der Waals surface area (Å²) in [5, 5.41) is 4.35. The average molecular weight is 449 g/mol. The van der Waals surface area contributed by atoms with Crippen molar-refractivity contribution >= 4 is 17.3 Å². The Kier molecular flexibility index (Phi) is 6.43. The predicted molar refractivity (Wildman–Crippen MR) is 127 cm³/mol. The number of rotatable bonds is 7. The van der Waals surface area contributed by atoms with E-state index in [0.717, 1.165) is 56.7 Å². The largest absolute Gasteiger partial charge is 0.379 e. The minimum Gasteiger partial charge on any atom is -0.379 e. The number of ether oxygens (including phenoxy) is 1. The molecule has 3 aromatic rings. The van der Waals surface area contributed by atoms with Gasteiger partial charge in [0.1, 0.15) is 0 Å². The molecule has 2 aliphatic heterocycles. The minimum atomic E-state index is -0.00376. The topological polar surface area (TPSA) is 58.5 Å². The third-order valence-corrected chi connectivity index (χ3v) is 6.55. The quantitative estimate of drug-likeness (QED) is 0.558. The summed E-state index contributed by atoms with van der Waals surface area (Å²) in [6.07, 6.45) is 7.72. The maximum atomic E-state index is 5.83. The van der Waals surface area contributed by atoms with Crippen LogP contribution < -0.4 is 5.32 Å². The number of nitrogens with zero attached hydrogens (tertiary/aromatic N) is 5. The molecule has 5 rings (SSSR count). The van der Waals surface area contributed by atoms with E-state index in [1.807, 2.05) is 36.8 Å². The molecule has 0 radical (unpaired) electrons. The molecule has 0 amide bonds. The van der Waals surface area contributed by atoms with Crippen LogP contribution in [0, 0.1) is 0 Å². The second-order valence-corrected chi connectivity index (χ2v) is 8.58. The van der Waals surface area contributed by atoms with E-state index >= 15 is 0 Å². The predicted octanol–water partition coefficient (Wildman–Crippen LogP) is 2.63. The van der Waals surface area contributed by atoms with E-state index in [-0.39, 0.29) is 12.1 Å². The summed E-state index contributed by atoms with van der Waals surface area (Å²) in [5.41, 5.74) is 3.40. The highest BCUT2D eigenvalue weighted by atomic mass is 32.1. The normalized spacial score (nSPS) is 21.6. The minimum absolute atomic E-state index is 0.00376. The average Bonchev–Trinajstić information content (AvgIpc) is 3.43. The summed E-state index contributed by atoms with van der Waals surface area (Å²) < 4.78 is 7.81. The first-order valence-corrected chi connectivity index (χ1v) is 11.5. The summed E-state index contributed by atoms with van der Waals surface area (Å²) in [7, 11) is 0. The van der Waals surface area contributed by atoms with Gasteiger partial charge >= 0.3 is 0 Å². The molecular weight excluding hydrogens is 420 g/mol. The van der Waals surface area contributed by atoms with Gasteiger partial charge in [-0.1, -0.05) is 12.1 Å². The first kappa shape index (κ1) is 21.1. The van der Waals surface area contributed by atoms with E-state index in [4.69, 9.17) is 17.0 Å². The lowest BCUT2D eigenvalue weighted by Crippen LogP contribution is -2.42. The van der Waals surface area contributed by atoms with E-state index in [1.54, 1.807) is 0 Å². The van der Waals surface area contributed by atoms with Crippen molar-refractivity contribution in [3.63, 3.8) is 0 Å². The summed E-state index contributed by atoms with van der Waals surface area (Å²) in [6, 6.07) is 14.5. The van der Waals surface area contributed by atoms with Crippen molar-refractivity contribution in [1.82, 2.24) is 29.7 Å². The van der Waals surface area contributed by atoms with E-state index in [2.05, 4.69) is 60.1 Å². The number of morpholine rings is 1. The summed E-state index contributed by atoms with van der Waals surface area (Å²) in [5.74, 6) is 0. The van der Waals surface area contributed by atoms with Gasteiger partial charge in [0.05, 0.1) is 31.0 Å². The molecule has 0 saturated carbocycles. The molecule has 2 atom stereocenters. The molecule has 8 heteroatoms. The highest BCUT2D eigenvalue weighted by molar-refractivity contribution is 7.80. The van der Waals surface area contributed by atoms with Crippen molar-refractivity contribution in [1.29, 1.82) is 0 Å². The van der Waals surface area contributed by atoms with Crippen LogP contribution in [0.1, 0.15) is 29.0 Å². The Morgan fingerprint density at radius 2 is 1.94 bits per heavy atom. The molecule has 0 bridgehead atoms. The van der Waals surface area contributed by atoms with Crippen molar-refractivity contribution in [3.8, 4) is 0 Å². The van der Waals surface area contributed by atoms with E-state index in [9.17, 15) is 0 Å². The zero-order chi connectivity index (χ0) is 21.8. The van der Waals surface area contributed by atoms with E-state index in [1.165, 1.54) is 11.3 Å². The van der Waals surface area contributed by atoms with Gasteiger partial charge in [0.25, 0.3) is 0 Å². The lowest BCUT2D eigenvalue weighted by atomic mass is 10.0. The lowest BCUT2D eigenvalue weighted by Gasteiger charge is -2.32. The van der Waals surface area contributed by atoms with Crippen molar-refractivity contribution in [2.24, 2.45) is 0 Å². The first-order chi connectivity index (χ1) is 15.8.